The Labute approximate surface area is 92.7 Å². The van der Waals surface area contributed by atoms with Crippen LogP contribution in [0.4, 0.5) is 11.5 Å². The predicted octanol–water partition coefficient (Wildman–Crippen LogP) is 0.987. The van der Waals surface area contributed by atoms with Crippen molar-refractivity contribution in [2.75, 3.05) is 12.4 Å². The van der Waals surface area contributed by atoms with Crippen molar-refractivity contribution in [2.45, 2.75) is 6.92 Å². The van der Waals surface area contributed by atoms with Gasteiger partial charge in [0, 0.05) is 25.5 Å². The minimum atomic E-state index is -0.479. The minimum Gasteiger partial charge on any atom is -0.345 e. The number of nitrogens with one attached hydrogen (secondary N) is 1. The molecule has 7 nitrogen and oxygen atoms in total. The molecule has 0 saturated heterocycles. The van der Waals surface area contributed by atoms with Crippen molar-refractivity contribution in [1.82, 2.24) is 9.99 Å². The standard InChI is InChI=1S/C9H13N5O2/c1-7-5-8(14(15)16)6-12-9(7)11-3-4-13(2)10/h3-6H,10H2,1-2H3,(H,11,12)/b4-3-. The summed E-state index contributed by atoms with van der Waals surface area (Å²) in [4.78, 5) is 13.9. The van der Waals surface area contributed by atoms with Gasteiger partial charge in [-0.15, -0.1) is 0 Å². The van der Waals surface area contributed by atoms with E-state index < -0.39 is 4.92 Å². The Morgan fingerprint density at radius 1 is 1.69 bits per heavy atom. The molecule has 0 fully saturated rings. The quantitative estimate of drug-likeness (QED) is 0.448. The van der Waals surface area contributed by atoms with Crippen molar-refractivity contribution in [3.8, 4) is 0 Å². The van der Waals surface area contributed by atoms with E-state index in [0.717, 1.165) is 0 Å². The fraction of sp³-hybridized carbons (Fsp3) is 0.222. The average molecular weight is 223 g/mol. The zero-order valence-electron chi connectivity index (χ0n) is 9.04. The van der Waals surface area contributed by atoms with Crippen molar-refractivity contribution in [3.05, 3.63) is 40.3 Å². The van der Waals surface area contributed by atoms with Crippen LogP contribution < -0.4 is 11.2 Å². The molecule has 1 aromatic heterocycles. The number of rotatable bonds is 4. The lowest BCUT2D eigenvalue weighted by molar-refractivity contribution is -0.385. The average Bonchev–Trinajstić information content (AvgIpc) is 2.19. The van der Waals surface area contributed by atoms with E-state index >= 15 is 0 Å². The summed E-state index contributed by atoms with van der Waals surface area (Å²) in [6.07, 6.45) is 4.40. The fourth-order valence-corrected chi connectivity index (χ4v) is 1.04. The van der Waals surface area contributed by atoms with Crippen molar-refractivity contribution < 1.29 is 4.92 Å². The van der Waals surface area contributed by atoms with Crippen LogP contribution in [0.1, 0.15) is 5.56 Å². The number of hydrogen-bond acceptors (Lipinski definition) is 6. The molecule has 0 aromatic carbocycles. The molecular weight excluding hydrogens is 210 g/mol. The highest BCUT2D eigenvalue weighted by molar-refractivity contribution is 5.49. The highest BCUT2D eigenvalue weighted by atomic mass is 16.6. The first-order valence-corrected chi connectivity index (χ1v) is 4.52. The molecule has 1 rings (SSSR count). The molecule has 86 valence electrons. The number of nitro groups is 1. The Kier molecular flexibility index (Phi) is 3.78. The molecular formula is C9H13N5O2. The Hall–Kier alpha value is -2.15. The Balaban J connectivity index is 2.79. The number of aromatic nitrogens is 1. The molecule has 0 unspecified atom stereocenters. The third kappa shape index (κ3) is 3.21. The minimum absolute atomic E-state index is 0.0250. The van der Waals surface area contributed by atoms with Gasteiger partial charge in [0.2, 0.25) is 0 Å². The zero-order valence-corrected chi connectivity index (χ0v) is 9.04. The summed E-state index contributed by atoms with van der Waals surface area (Å²) >= 11 is 0. The van der Waals surface area contributed by atoms with Gasteiger partial charge < -0.3 is 10.3 Å². The lowest BCUT2D eigenvalue weighted by Gasteiger charge is -2.06. The van der Waals surface area contributed by atoms with Crippen LogP contribution in [0.2, 0.25) is 0 Å². The van der Waals surface area contributed by atoms with Crippen LogP contribution in [-0.2, 0) is 0 Å². The lowest BCUT2D eigenvalue weighted by atomic mass is 10.2. The molecule has 0 aliphatic heterocycles. The molecule has 16 heavy (non-hydrogen) atoms. The van der Waals surface area contributed by atoms with Gasteiger partial charge in [0.15, 0.2) is 0 Å². The SMILES string of the molecule is Cc1cc([N+](=O)[O-])cnc1N/C=C\N(C)N. The van der Waals surface area contributed by atoms with E-state index in [2.05, 4.69) is 10.3 Å². The third-order valence-corrected chi connectivity index (χ3v) is 1.80. The van der Waals surface area contributed by atoms with Crippen LogP contribution in [0.15, 0.2) is 24.7 Å². The monoisotopic (exact) mass is 223 g/mol. The molecule has 1 heterocycles. The molecule has 0 atom stereocenters. The van der Waals surface area contributed by atoms with Crippen molar-refractivity contribution in [3.63, 3.8) is 0 Å². The molecule has 0 spiro atoms. The van der Waals surface area contributed by atoms with Crippen LogP contribution in [-0.4, -0.2) is 22.0 Å². The number of nitrogens with zero attached hydrogens (tertiary/aromatic N) is 3. The van der Waals surface area contributed by atoms with Gasteiger partial charge in [-0.1, -0.05) is 0 Å². The number of pyridine rings is 1. The van der Waals surface area contributed by atoms with Gasteiger partial charge >= 0.3 is 0 Å². The topological polar surface area (TPSA) is 97.3 Å². The highest BCUT2D eigenvalue weighted by Gasteiger charge is 2.08. The summed E-state index contributed by atoms with van der Waals surface area (Å²) in [7, 11) is 1.67. The van der Waals surface area contributed by atoms with Crippen molar-refractivity contribution in [2.24, 2.45) is 5.84 Å². The van der Waals surface area contributed by atoms with E-state index in [0.29, 0.717) is 11.4 Å². The summed E-state index contributed by atoms with van der Waals surface area (Å²) in [6.45, 7) is 1.74. The molecule has 7 heteroatoms. The maximum atomic E-state index is 10.5. The van der Waals surface area contributed by atoms with Crippen LogP contribution >= 0.6 is 0 Å². The normalized spacial score (nSPS) is 10.4. The van der Waals surface area contributed by atoms with Gasteiger partial charge in [0.05, 0.1) is 4.92 Å². The van der Waals surface area contributed by atoms with E-state index in [9.17, 15) is 10.1 Å². The zero-order chi connectivity index (χ0) is 12.1. The second kappa shape index (κ2) is 5.08. The van der Waals surface area contributed by atoms with Crippen molar-refractivity contribution in [1.29, 1.82) is 0 Å². The fourth-order valence-electron chi connectivity index (χ4n) is 1.04. The van der Waals surface area contributed by atoms with E-state index in [4.69, 9.17) is 5.84 Å². The summed E-state index contributed by atoms with van der Waals surface area (Å²) in [5.74, 6) is 5.91. The van der Waals surface area contributed by atoms with E-state index in [1.165, 1.54) is 17.3 Å². The third-order valence-electron chi connectivity index (χ3n) is 1.80. The molecule has 0 amide bonds. The van der Waals surface area contributed by atoms with Crippen LogP contribution in [0, 0.1) is 17.0 Å². The van der Waals surface area contributed by atoms with Gasteiger partial charge in [-0.05, 0) is 12.5 Å². The molecule has 0 radical (unpaired) electrons. The first-order valence-electron chi connectivity index (χ1n) is 4.52. The molecule has 0 aliphatic carbocycles. The second-order valence-corrected chi connectivity index (χ2v) is 3.24. The summed E-state index contributed by atoms with van der Waals surface area (Å²) < 4.78 is 0. The van der Waals surface area contributed by atoms with Crippen LogP contribution in [0.3, 0.4) is 0 Å². The van der Waals surface area contributed by atoms with E-state index in [1.807, 2.05) is 0 Å². The number of hydrogen-bond donors (Lipinski definition) is 2. The molecule has 3 N–H and O–H groups in total. The maximum absolute atomic E-state index is 10.5. The number of nitrogens with two attached hydrogens (primary N) is 1. The summed E-state index contributed by atoms with van der Waals surface area (Å²) in [5, 5.41) is 14.7. The maximum Gasteiger partial charge on any atom is 0.287 e. The second-order valence-electron chi connectivity index (χ2n) is 3.24. The summed E-state index contributed by atoms with van der Waals surface area (Å²) in [6, 6.07) is 1.45. The number of anilines is 1. The van der Waals surface area contributed by atoms with Gasteiger partial charge in [-0.3, -0.25) is 10.1 Å². The smallest absolute Gasteiger partial charge is 0.287 e. The first kappa shape index (κ1) is 11.9. The van der Waals surface area contributed by atoms with E-state index in [1.54, 1.807) is 26.4 Å². The van der Waals surface area contributed by atoms with Gasteiger partial charge in [0.1, 0.15) is 12.0 Å². The molecule has 0 aliphatic rings. The summed E-state index contributed by atoms with van der Waals surface area (Å²) in [5.41, 5.74) is 0.668. The van der Waals surface area contributed by atoms with Gasteiger partial charge in [0.25, 0.3) is 5.69 Å². The molecule has 0 saturated carbocycles. The van der Waals surface area contributed by atoms with Gasteiger partial charge in [-0.25, -0.2) is 10.8 Å². The van der Waals surface area contributed by atoms with Crippen LogP contribution in [0.25, 0.3) is 0 Å². The Bertz CT molecular complexity index is 416. The van der Waals surface area contributed by atoms with E-state index in [-0.39, 0.29) is 5.69 Å². The number of hydrazine groups is 1. The van der Waals surface area contributed by atoms with Gasteiger partial charge in [-0.2, -0.15) is 0 Å². The number of aryl methyl sites for hydroxylation is 1. The highest BCUT2D eigenvalue weighted by Crippen LogP contribution is 2.17. The molecule has 0 bridgehead atoms. The largest absolute Gasteiger partial charge is 0.345 e. The van der Waals surface area contributed by atoms with Crippen molar-refractivity contribution >= 4 is 11.5 Å². The predicted molar refractivity (Wildman–Crippen MR) is 60.3 cm³/mol. The van der Waals surface area contributed by atoms with Crippen LogP contribution in [0.5, 0.6) is 0 Å². The Morgan fingerprint density at radius 2 is 2.38 bits per heavy atom. The first-order chi connectivity index (χ1) is 7.50. The lowest BCUT2D eigenvalue weighted by Crippen LogP contribution is -2.18. The Morgan fingerprint density at radius 3 is 2.88 bits per heavy atom. The molecule has 1 aromatic rings.